The molecule has 4 rings (SSSR count). The normalized spacial score (nSPS) is 14.5. The summed E-state index contributed by atoms with van der Waals surface area (Å²) in [7, 11) is 0. The molecule has 1 saturated heterocycles. The van der Waals surface area contributed by atoms with E-state index in [-0.39, 0.29) is 30.3 Å². The molecule has 2 amide bonds. The average molecular weight is 453 g/mol. The Balaban J connectivity index is 1.53. The lowest BCUT2D eigenvalue weighted by Gasteiger charge is -2.31. The molecule has 0 bridgehead atoms. The number of imidazole rings is 1. The number of nitrogens with one attached hydrogen (secondary N) is 1. The third kappa shape index (κ3) is 4.99. The van der Waals surface area contributed by atoms with Crippen LogP contribution in [0.1, 0.15) is 36.6 Å². The molecule has 3 aromatic rings. The van der Waals surface area contributed by atoms with Crippen LogP contribution in [0.3, 0.4) is 0 Å². The lowest BCUT2D eigenvalue weighted by atomic mass is 10.0. The second-order valence-corrected chi connectivity index (χ2v) is 8.51. The number of amides is 2. The highest BCUT2D eigenvalue weighted by molar-refractivity contribution is 5.82. The molecule has 1 aromatic carbocycles. The van der Waals surface area contributed by atoms with E-state index < -0.39 is 0 Å². The topological polar surface area (TPSA) is 75.9 Å². The van der Waals surface area contributed by atoms with Gasteiger partial charge >= 0.3 is 6.09 Å². The standard InChI is InChI=1S/C25H29FN4O3/c1-4-33-25(32)29-11-9-19(10-12-29)27-23(31)14-21-24(18-6-7-20(26)17(3)13-18)28-22-8-5-16(2)15-30(21)22/h5-8,13,15,19H,4,9-12,14H2,1-3H3,(H,27,31). The molecule has 7 nitrogen and oxygen atoms in total. The van der Waals surface area contributed by atoms with Gasteiger partial charge < -0.3 is 19.4 Å². The van der Waals surface area contributed by atoms with Crippen molar-refractivity contribution in [1.82, 2.24) is 19.6 Å². The van der Waals surface area contributed by atoms with Gasteiger partial charge in [0.25, 0.3) is 0 Å². The van der Waals surface area contributed by atoms with E-state index in [0.29, 0.717) is 43.8 Å². The molecule has 174 valence electrons. The van der Waals surface area contributed by atoms with E-state index >= 15 is 0 Å². The first-order valence-electron chi connectivity index (χ1n) is 11.3. The maximum Gasteiger partial charge on any atom is 0.409 e. The molecular weight excluding hydrogens is 423 g/mol. The van der Waals surface area contributed by atoms with E-state index in [4.69, 9.17) is 9.72 Å². The molecule has 33 heavy (non-hydrogen) atoms. The minimum Gasteiger partial charge on any atom is -0.450 e. The van der Waals surface area contributed by atoms with Gasteiger partial charge in [-0.2, -0.15) is 0 Å². The number of halogens is 1. The minimum atomic E-state index is -0.303. The Hall–Kier alpha value is -3.42. The number of rotatable bonds is 5. The van der Waals surface area contributed by atoms with Crippen molar-refractivity contribution in [3.05, 3.63) is 59.2 Å². The third-order valence-electron chi connectivity index (χ3n) is 6.01. The summed E-state index contributed by atoms with van der Waals surface area (Å²) < 4.78 is 20.8. The molecule has 0 radical (unpaired) electrons. The van der Waals surface area contributed by atoms with Crippen molar-refractivity contribution < 1.29 is 18.7 Å². The van der Waals surface area contributed by atoms with E-state index in [1.165, 1.54) is 6.07 Å². The fourth-order valence-electron chi connectivity index (χ4n) is 4.24. The summed E-state index contributed by atoms with van der Waals surface area (Å²) >= 11 is 0. The monoisotopic (exact) mass is 452 g/mol. The molecular formula is C25H29FN4O3. The number of likely N-dealkylation sites (tertiary alicyclic amines) is 1. The summed E-state index contributed by atoms with van der Waals surface area (Å²) in [5, 5.41) is 3.11. The fourth-order valence-corrected chi connectivity index (χ4v) is 4.24. The van der Waals surface area contributed by atoms with Crippen LogP contribution in [-0.2, 0) is 16.0 Å². The van der Waals surface area contributed by atoms with Gasteiger partial charge in [0.15, 0.2) is 0 Å². The van der Waals surface area contributed by atoms with E-state index in [1.807, 2.05) is 29.7 Å². The first kappa shape index (κ1) is 22.8. The van der Waals surface area contributed by atoms with Crippen LogP contribution in [0.15, 0.2) is 36.5 Å². The summed E-state index contributed by atoms with van der Waals surface area (Å²) in [5.41, 5.74) is 4.54. The van der Waals surface area contributed by atoms with E-state index in [9.17, 15) is 14.0 Å². The number of hydrogen-bond acceptors (Lipinski definition) is 4. The molecule has 1 fully saturated rings. The van der Waals surface area contributed by atoms with Crippen LogP contribution in [0.4, 0.5) is 9.18 Å². The highest BCUT2D eigenvalue weighted by atomic mass is 19.1. The Morgan fingerprint density at radius 1 is 1.18 bits per heavy atom. The second-order valence-electron chi connectivity index (χ2n) is 8.51. The molecule has 0 spiro atoms. The van der Waals surface area contributed by atoms with Crippen LogP contribution >= 0.6 is 0 Å². The average Bonchev–Trinajstić information content (AvgIpc) is 3.13. The molecule has 1 aliphatic heterocycles. The zero-order valence-corrected chi connectivity index (χ0v) is 19.2. The number of carbonyl (C=O) groups is 2. The quantitative estimate of drug-likeness (QED) is 0.634. The second kappa shape index (κ2) is 9.60. The number of benzene rings is 1. The van der Waals surface area contributed by atoms with E-state index in [2.05, 4.69) is 5.32 Å². The van der Waals surface area contributed by atoms with Crippen LogP contribution in [-0.4, -0.2) is 52.0 Å². The predicted octanol–water partition coefficient (Wildman–Crippen LogP) is 4.04. The number of piperidine rings is 1. The lowest BCUT2D eigenvalue weighted by molar-refractivity contribution is -0.121. The Kier molecular flexibility index (Phi) is 6.62. The fraction of sp³-hybridized carbons (Fsp3) is 0.400. The largest absolute Gasteiger partial charge is 0.450 e. The molecule has 0 unspecified atom stereocenters. The first-order valence-corrected chi connectivity index (χ1v) is 11.3. The van der Waals surface area contributed by atoms with Crippen LogP contribution < -0.4 is 5.32 Å². The summed E-state index contributed by atoms with van der Waals surface area (Å²) in [6.45, 7) is 6.95. The zero-order chi connectivity index (χ0) is 23.5. The van der Waals surface area contributed by atoms with E-state index in [0.717, 1.165) is 22.5 Å². The van der Waals surface area contributed by atoms with Crippen molar-refractivity contribution >= 4 is 17.6 Å². The maximum absolute atomic E-state index is 13.8. The SMILES string of the molecule is CCOC(=O)N1CCC(NC(=O)Cc2c(-c3ccc(F)c(C)c3)nc3ccc(C)cn23)CC1. The summed E-state index contributed by atoms with van der Waals surface area (Å²) in [5.74, 6) is -0.375. The van der Waals surface area contributed by atoms with Crippen LogP contribution in [0, 0.1) is 19.7 Å². The summed E-state index contributed by atoms with van der Waals surface area (Å²) in [4.78, 5) is 31.3. The lowest BCUT2D eigenvalue weighted by Crippen LogP contribution is -2.47. The number of nitrogens with zero attached hydrogens (tertiary/aromatic N) is 3. The zero-order valence-electron chi connectivity index (χ0n) is 19.2. The predicted molar refractivity (Wildman–Crippen MR) is 124 cm³/mol. The van der Waals surface area contributed by atoms with Gasteiger partial charge in [-0.1, -0.05) is 6.07 Å². The van der Waals surface area contributed by atoms with Crippen molar-refractivity contribution in [3.8, 4) is 11.3 Å². The summed E-state index contributed by atoms with van der Waals surface area (Å²) in [6, 6.07) is 8.78. The molecule has 2 aromatic heterocycles. The highest BCUT2D eigenvalue weighted by Gasteiger charge is 2.25. The number of fused-ring (bicyclic) bond motifs is 1. The van der Waals surface area contributed by atoms with Crippen molar-refractivity contribution in [1.29, 1.82) is 0 Å². The number of aromatic nitrogens is 2. The summed E-state index contributed by atoms with van der Waals surface area (Å²) in [6.07, 6.45) is 3.17. The number of carbonyl (C=O) groups excluding carboxylic acids is 2. The number of pyridine rings is 1. The van der Waals surface area contributed by atoms with E-state index in [1.54, 1.807) is 30.9 Å². The molecule has 0 atom stereocenters. The molecule has 0 aliphatic carbocycles. The number of ether oxygens (including phenoxy) is 1. The van der Waals surface area contributed by atoms with Crippen LogP contribution in [0.2, 0.25) is 0 Å². The Morgan fingerprint density at radius 2 is 1.94 bits per heavy atom. The molecule has 1 N–H and O–H groups in total. The minimum absolute atomic E-state index is 0.000568. The van der Waals surface area contributed by atoms with Gasteiger partial charge in [0.2, 0.25) is 5.91 Å². The Morgan fingerprint density at radius 3 is 2.64 bits per heavy atom. The van der Waals surface area contributed by atoms with Gasteiger partial charge in [0.05, 0.1) is 24.4 Å². The van der Waals surface area contributed by atoms with Crippen molar-refractivity contribution in [3.63, 3.8) is 0 Å². The third-order valence-corrected chi connectivity index (χ3v) is 6.01. The van der Waals surface area contributed by atoms with Crippen molar-refractivity contribution in [2.45, 2.75) is 46.1 Å². The highest BCUT2D eigenvalue weighted by Crippen LogP contribution is 2.27. The van der Waals surface area contributed by atoms with Gasteiger partial charge in [0.1, 0.15) is 11.5 Å². The van der Waals surface area contributed by atoms with Gasteiger partial charge in [-0.05, 0) is 69.0 Å². The Bertz CT molecular complexity index is 1180. The number of hydrogen-bond donors (Lipinski definition) is 1. The molecule has 8 heteroatoms. The van der Waals surface area contributed by atoms with Crippen LogP contribution in [0.25, 0.3) is 16.9 Å². The molecule has 3 heterocycles. The van der Waals surface area contributed by atoms with Gasteiger partial charge in [-0.25, -0.2) is 14.2 Å². The Labute approximate surface area is 192 Å². The van der Waals surface area contributed by atoms with Gasteiger partial charge in [0, 0.05) is 30.9 Å². The molecule has 1 aliphatic rings. The smallest absolute Gasteiger partial charge is 0.409 e. The van der Waals surface area contributed by atoms with Gasteiger partial charge in [-0.15, -0.1) is 0 Å². The van der Waals surface area contributed by atoms with Gasteiger partial charge in [-0.3, -0.25) is 4.79 Å². The number of aryl methyl sites for hydroxylation is 2. The maximum atomic E-state index is 13.8. The van der Waals surface area contributed by atoms with Crippen molar-refractivity contribution in [2.75, 3.05) is 19.7 Å². The van der Waals surface area contributed by atoms with Crippen LogP contribution in [0.5, 0.6) is 0 Å². The van der Waals surface area contributed by atoms with Crippen molar-refractivity contribution in [2.24, 2.45) is 0 Å². The first-order chi connectivity index (χ1) is 15.9. The molecule has 0 saturated carbocycles.